The zero-order valence-corrected chi connectivity index (χ0v) is 9.45. The molecule has 0 spiro atoms. The molecule has 0 bridgehead atoms. The minimum absolute atomic E-state index is 0.291. The Kier molecular flexibility index (Phi) is 3.91. The number of aliphatic carboxylic acids is 2. The van der Waals surface area contributed by atoms with Gasteiger partial charge < -0.3 is 20.8 Å². The second-order valence-corrected chi connectivity index (χ2v) is 4.17. The van der Waals surface area contributed by atoms with Crippen LogP contribution in [0.5, 0.6) is 0 Å². The average molecular weight is 284 g/mol. The molecule has 0 aromatic rings. The molecule has 1 saturated carbocycles. The molecule has 1 unspecified atom stereocenters. The van der Waals surface area contributed by atoms with E-state index in [1.54, 1.807) is 10.6 Å². The lowest BCUT2D eigenvalue weighted by Crippen LogP contribution is -2.55. The maximum atomic E-state index is 12.5. The van der Waals surface area contributed by atoms with Crippen LogP contribution in [0.4, 0.5) is 18.0 Å². The Labute approximate surface area is 104 Å². The number of rotatable bonds is 5. The summed E-state index contributed by atoms with van der Waals surface area (Å²) in [5, 5.41) is 20.3. The van der Waals surface area contributed by atoms with Crippen molar-refractivity contribution in [3.8, 4) is 0 Å². The fourth-order valence-electron chi connectivity index (χ4n) is 1.39. The Balaban J connectivity index is 2.59. The maximum Gasteiger partial charge on any atom is 0.411 e. The number of amides is 2. The number of nitrogens with one attached hydrogen (secondary N) is 2. The lowest BCUT2D eigenvalue weighted by molar-refractivity contribution is -0.162. The molecule has 1 atom stereocenters. The van der Waals surface area contributed by atoms with E-state index in [9.17, 15) is 27.6 Å². The van der Waals surface area contributed by atoms with Gasteiger partial charge in [-0.3, -0.25) is 4.79 Å². The third kappa shape index (κ3) is 3.73. The van der Waals surface area contributed by atoms with Crippen LogP contribution in [0, 0.1) is 0 Å². The van der Waals surface area contributed by atoms with E-state index < -0.39 is 42.1 Å². The van der Waals surface area contributed by atoms with Crippen molar-refractivity contribution in [2.75, 3.05) is 0 Å². The van der Waals surface area contributed by atoms with Crippen molar-refractivity contribution >= 4 is 18.0 Å². The first-order valence-corrected chi connectivity index (χ1v) is 5.17. The number of halogens is 3. The van der Waals surface area contributed by atoms with Crippen LogP contribution in [0.2, 0.25) is 0 Å². The molecular weight excluding hydrogens is 273 g/mol. The summed E-state index contributed by atoms with van der Waals surface area (Å²) in [5.41, 5.74) is -2.33. The van der Waals surface area contributed by atoms with Gasteiger partial charge in [0.1, 0.15) is 11.6 Å². The summed E-state index contributed by atoms with van der Waals surface area (Å²) < 4.78 is 37.5. The Morgan fingerprint density at radius 1 is 1.21 bits per heavy atom. The van der Waals surface area contributed by atoms with E-state index >= 15 is 0 Å². The number of alkyl halides is 3. The molecule has 108 valence electrons. The normalized spacial score (nSPS) is 18.3. The fourth-order valence-corrected chi connectivity index (χ4v) is 1.39. The average Bonchev–Trinajstić information content (AvgIpc) is 2.95. The molecule has 19 heavy (non-hydrogen) atoms. The number of carboxylic acid groups (broad SMARTS) is 2. The van der Waals surface area contributed by atoms with E-state index in [-0.39, 0.29) is 12.8 Å². The maximum absolute atomic E-state index is 12.5. The molecule has 1 aliphatic carbocycles. The highest BCUT2D eigenvalue weighted by Crippen LogP contribution is 2.48. The number of urea groups is 1. The van der Waals surface area contributed by atoms with Gasteiger partial charge in [0.25, 0.3) is 0 Å². The molecule has 0 aromatic carbocycles. The molecule has 1 rings (SSSR count). The van der Waals surface area contributed by atoms with Crippen LogP contribution in [0.1, 0.15) is 19.3 Å². The Bertz CT molecular complexity index is 405. The number of carboxylic acids is 2. The van der Waals surface area contributed by atoms with Gasteiger partial charge in [-0.2, -0.15) is 13.2 Å². The standard InChI is InChI=1S/C9H11F3N2O5/c10-9(11,12)8(1-2-8)14-7(19)13-4(6(17)18)3-5(15)16/h4H,1-3H2,(H,15,16)(H,17,18)(H2,13,14,19). The summed E-state index contributed by atoms with van der Waals surface area (Å²) in [4.78, 5) is 32.2. The number of hydrogen-bond acceptors (Lipinski definition) is 3. The molecule has 0 aliphatic heterocycles. The molecule has 0 saturated heterocycles. The van der Waals surface area contributed by atoms with Crippen LogP contribution in [-0.2, 0) is 9.59 Å². The number of carbonyl (C=O) groups excluding carboxylic acids is 1. The zero-order valence-electron chi connectivity index (χ0n) is 9.45. The van der Waals surface area contributed by atoms with Crippen molar-refractivity contribution in [2.24, 2.45) is 0 Å². The van der Waals surface area contributed by atoms with Crippen LogP contribution in [-0.4, -0.2) is 45.9 Å². The van der Waals surface area contributed by atoms with E-state index in [0.717, 1.165) is 0 Å². The smallest absolute Gasteiger partial charge is 0.411 e. The summed E-state index contributed by atoms with van der Waals surface area (Å²) in [6.45, 7) is 0. The van der Waals surface area contributed by atoms with E-state index in [1.807, 2.05) is 0 Å². The second kappa shape index (κ2) is 4.94. The Morgan fingerprint density at radius 3 is 2.05 bits per heavy atom. The molecule has 1 aliphatic rings. The van der Waals surface area contributed by atoms with Crippen molar-refractivity contribution in [1.82, 2.24) is 10.6 Å². The molecule has 7 nitrogen and oxygen atoms in total. The lowest BCUT2D eigenvalue weighted by Gasteiger charge is -2.22. The van der Waals surface area contributed by atoms with Crippen LogP contribution in [0.15, 0.2) is 0 Å². The van der Waals surface area contributed by atoms with Gasteiger partial charge in [-0.15, -0.1) is 0 Å². The topological polar surface area (TPSA) is 116 Å². The number of hydrogen-bond donors (Lipinski definition) is 4. The SMILES string of the molecule is O=C(O)CC(NC(=O)NC1(C(F)(F)F)CC1)C(=O)O. The van der Waals surface area contributed by atoms with E-state index in [4.69, 9.17) is 10.2 Å². The summed E-state index contributed by atoms with van der Waals surface area (Å²) in [6, 6.07) is -3.15. The molecule has 1 fully saturated rings. The van der Waals surface area contributed by atoms with E-state index in [1.165, 1.54) is 0 Å². The van der Waals surface area contributed by atoms with Crippen molar-refractivity contribution in [3.05, 3.63) is 0 Å². The van der Waals surface area contributed by atoms with E-state index in [0.29, 0.717) is 0 Å². The quantitative estimate of drug-likeness (QED) is 0.580. The van der Waals surface area contributed by atoms with Gasteiger partial charge in [0, 0.05) is 0 Å². The minimum atomic E-state index is -4.63. The highest BCUT2D eigenvalue weighted by molar-refractivity contribution is 5.86. The highest BCUT2D eigenvalue weighted by Gasteiger charge is 2.64. The van der Waals surface area contributed by atoms with Crippen LogP contribution >= 0.6 is 0 Å². The van der Waals surface area contributed by atoms with Crippen molar-refractivity contribution in [1.29, 1.82) is 0 Å². The molecule has 2 amide bonds. The molecule has 0 heterocycles. The monoisotopic (exact) mass is 284 g/mol. The van der Waals surface area contributed by atoms with Crippen molar-refractivity contribution < 1.29 is 37.8 Å². The summed E-state index contributed by atoms with van der Waals surface area (Å²) in [7, 11) is 0. The second-order valence-electron chi connectivity index (χ2n) is 4.17. The predicted molar refractivity (Wildman–Crippen MR) is 53.4 cm³/mol. The van der Waals surface area contributed by atoms with Gasteiger partial charge in [0.15, 0.2) is 0 Å². The van der Waals surface area contributed by atoms with Crippen molar-refractivity contribution in [2.45, 2.75) is 37.0 Å². The first kappa shape index (κ1) is 15.1. The highest BCUT2D eigenvalue weighted by atomic mass is 19.4. The molecule has 10 heteroatoms. The molecule has 4 N–H and O–H groups in total. The van der Waals surface area contributed by atoms with Gasteiger partial charge in [0.05, 0.1) is 6.42 Å². The Morgan fingerprint density at radius 2 is 1.74 bits per heavy atom. The number of carbonyl (C=O) groups is 3. The summed E-state index contributed by atoms with van der Waals surface area (Å²) in [5.74, 6) is -3.14. The fraction of sp³-hybridized carbons (Fsp3) is 0.667. The third-order valence-corrected chi connectivity index (χ3v) is 2.63. The van der Waals surface area contributed by atoms with Crippen LogP contribution < -0.4 is 10.6 Å². The first-order chi connectivity index (χ1) is 8.57. The largest absolute Gasteiger partial charge is 0.481 e. The summed E-state index contributed by atoms with van der Waals surface area (Å²) in [6.07, 6.45) is -6.14. The van der Waals surface area contributed by atoms with Gasteiger partial charge in [-0.25, -0.2) is 9.59 Å². The first-order valence-electron chi connectivity index (χ1n) is 5.17. The molecule has 0 radical (unpaired) electrons. The third-order valence-electron chi connectivity index (χ3n) is 2.63. The van der Waals surface area contributed by atoms with Gasteiger partial charge in [-0.1, -0.05) is 0 Å². The van der Waals surface area contributed by atoms with Crippen LogP contribution in [0.3, 0.4) is 0 Å². The minimum Gasteiger partial charge on any atom is -0.481 e. The van der Waals surface area contributed by atoms with Gasteiger partial charge in [-0.05, 0) is 12.8 Å². The molecule has 0 aromatic heterocycles. The van der Waals surface area contributed by atoms with Crippen molar-refractivity contribution in [3.63, 3.8) is 0 Å². The van der Waals surface area contributed by atoms with E-state index in [2.05, 4.69) is 0 Å². The Hall–Kier alpha value is -2.00. The predicted octanol–water partition coefficient (Wildman–Crippen LogP) is 0.308. The van der Waals surface area contributed by atoms with Gasteiger partial charge in [0.2, 0.25) is 0 Å². The van der Waals surface area contributed by atoms with Crippen LogP contribution in [0.25, 0.3) is 0 Å². The lowest BCUT2D eigenvalue weighted by atomic mass is 10.2. The summed E-state index contributed by atoms with van der Waals surface area (Å²) >= 11 is 0. The van der Waals surface area contributed by atoms with Gasteiger partial charge >= 0.3 is 24.1 Å². The molecular formula is C9H11F3N2O5. The zero-order chi connectivity index (χ0) is 14.8.